The molecule has 0 bridgehead atoms. The van der Waals surface area contributed by atoms with Crippen molar-refractivity contribution in [2.45, 2.75) is 13.5 Å². The molecule has 0 spiro atoms. The van der Waals surface area contributed by atoms with Gasteiger partial charge in [0.2, 0.25) is 5.13 Å². The van der Waals surface area contributed by atoms with Gasteiger partial charge in [-0.1, -0.05) is 29.0 Å². The van der Waals surface area contributed by atoms with Crippen LogP contribution in [0.1, 0.15) is 16.3 Å². The molecule has 0 saturated heterocycles. The number of aromatic nitrogens is 2. The monoisotopic (exact) mass is 299 g/mol. The maximum absolute atomic E-state index is 5.65. The molecule has 5 nitrogen and oxygen atoms in total. The van der Waals surface area contributed by atoms with Crippen LogP contribution in [0.25, 0.3) is 0 Å². The molecule has 0 aliphatic carbocycles. The molecule has 0 unspecified atom stereocenters. The van der Waals surface area contributed by atoms with Gasteiger partial charge in [-0.3, -0.25) is 0 Å². The number of aryl methyl sites for hydroxylation is 1. The third-order valence-electron chi connectivity index (χ3n) is 2.68. The summed E-state index contributed by atoms with van der Waals surface area (Å²) in [5.74, 6) is 1.50. The topological polar surface area (TPSA) is 60.5 Å². The van der Waals surface area contributed by atoms with Crippen molar-refractivity contribution in [2.75, 3.05) is 0 Å². The maximum atomic E-state index is 5.65. The Morgan fingerprint density at radius 3 is 2.86 bits per heavy atom. The second-order valence-electron chi connectivity index (χ2n) is 4.35. The Kier molecular flexibility index (Phi) is 4.07. The summed E-state index contributed by atoms with van der Waals surface area (Å²) in [5, 5.41) is 9.40. The molecule has 0 aliphatic heterocycles. The van der Waals surface area contributed by atoms with Gasteiger partial charge in [-0.25, -0.2) is 4.99 Å². The molecule has 6 heteroatoms. The number of rotatable bonds is 5. The molecule has 2 aromatic heterocycles. The highest BCUT2D eigenvalue weighted by molar-refractivity contribution is 7.14. The van der Waals surface area contributed by atoms with Crippen molar-refractivity contribution in [1.82, 2.24) is 10.2 Å². The summed E-state index contributed by atoms with van der Waals surface area (Å²) in [5.41, 5.74) is 1.20. The predicted octanol–water partition coefficient (Wildman–Crippen LogP) is 3.77. The van der Waals surface area contributed by atoms with E-state index >= 15 is 0 Å². The van der Waals surface area contributed by atoms with E-state index in [0.717, 1.165) is 10.8 Å². The van der Waals surface area contributed by atoms with Crippen molar-refractivity contribution in [2.24, 2.45) is 4.99 Å². The van der Waals surface area contributed by atoms with Crippen molar-refractivity contribution < 1.29 is 9.15 Å². The van der Waals surface area contributed by atoms with Crippen LogP contribution in [-0.2, 0) is 6.61 Å². The standard InChI is InChI=1S/C15H13N3O2S/c1-11-4-6-12(7-5-11)20-10-14-17-18-15(21-14)16-9-13-3-2-8-19-13/h2-9H,10H2,1H3/b16-9+. The summed E-state index contributed by atoms with van der Waals surface area (Å²) in [7, 11) is 0. The van der Waals surface area contributed by atoms with E-state index in [1.165, 1.54) is 16.9 Å². The second kappa shape index (κ2) is 6.32. The van der Waals surface area contributed by atoms with E-state index in [9.17, 15) is 0 Å². The molecule has 0 radical (unpaired) electrons. The first kappa shape index (κ1) is 13.5. The quantitative estimate of drug-likeness (QED) is 0.673. The third kappa shape index (κ3) is 3.76. The molecule has 3 rings (SSSR count). The molecule has 21 heavy (non-hydrogen) atoms. The molecule has 1 aromatic carbocycles. The van der Waals surface area contributed by atoms with Crippen LogP contribution in [0.15, 0.2) is 52.1 Å². The Hall–Kier alpha value is -2.47. The number of ether oxygens (including phenoxy) is 1. The van der Waals surface area contributed by atoms with Crippen LogP contribution in [0, 0.1) is 6.92 Å². The summed E-state index contributed by atoms with van der Waals surface area (Å²) in [6.07, 6.45) is 3.22. The van der Waals surface area contributed by atoms with Crippen LogP contribution in [-0.4, -0.2) is 16.4 Å². The second-order valence-corrected chi connectivity index (χ2v) is 5.39. The van der Waals surface area contributed by atoms with Gasteiger partial charge in [-0.2, -0.15) is 0 Å². The number of hydrogen-bond acceptors (Lipinski definition) is 6. The summed E-state index contributed by atoms with van der Waals surface area (Å²) in [4.78, 5) is 4.21. The zero-order valence-corrected chi connectivity index (χ0v) is 12.2. The Balaban J connectivity index is 1.59. The van der Waals surface area contributed by atoms with E-state index in [1.807, 2.05) is 43.3 Å². The molecule has 3 aromatic rings. The van der Waals surface area contributed by atoms with E-state index in [4.69, 9.17) is 9.15 Å². The average molecular weight is 299 g/mol. The fourth-order valence-corrected chi connectivity index (χ4v) is 2.22. The van der Waals surface area contributed by atoms with Crippen molar-refractivity contribution in [3.05, 3.63) is 59.0 Å². The van der Waals surface area contributed by atoms with Gasteiger partial charge >= 0.3 is 0 Å². The van der Waals surface area contributed by atoms with Crippen LogP contribution in [0.5, 0.6) is 5.75 Å². The van der Waals surface area contributed by atoms with Gasteiger partial charge in [0.05, 0.1) is 12.5 Å². The normalized spacial score (nSPS) is 11.1. The lowest BCUT2D eigenvalue weighted by Crippen LogP contribution is -1.94. The van der Waals surface area contributed by atoms with Gasteiger partial charge in [-0.15, -0.1) is 10.2 Å². The van der Waals surface area contributed by atoms with E-state index in [-0.39, 0.29) is 0 Å². The van der Waals surface area contributed by atoms with E-state index < -0.39 is 0 Å². The summed E-state index contributed by atoms with van der Waals surface area (Å²) in [6, 6.07) is 11.5. The molecular formula is C15H13N3O2S. The fraction of sp³-hybridized carbons (Fsp3) is 0.133. The first-order chi connectivity index (χ1) is 10.3. The van der Waals surface area contributed by atoms with Crippen LogP contribution >= 0.6 is 11.3 Å². The first-order valence-corrected chi connectivity index (χ1v) is 7.21. The van der Waals surface area contributed by atoms with Gasteiger partial charge in [0.25, 0.3) is 0 Å². The summed E-state index contributed by atoms with van der Waals surface area (Å²) in [6.45, 7) is 2.43. The number of aliphatic imine (C=N–C) groups is 1. The number of nitrogens with zero attached hydrogens (tertiary/aromatic N) is 3. The van der Waals surface area contributed by atoms with Gasteiger partial charge < -0.3 is 9.15 Å². The van der Waals surface area contributed by atoms with Crippen LogP contribution in [0.4, 0.5) is 5.13 Å². The molecule has 106 valence electrons. The van der Waals surface area contributed by atoms with E-state index in [0.29, 0.717) is 17.5 Å². The van der Waals surface area contributed by atoms with Crippen molar-refractivity contribution in [3.8, 4) is 5.75 Å². The lowest BCUT2D eigenvalue weighted by molar-refractivity contribution is 0.304. The largest absolute Gasteiger partial charge is 0.486 e. The molecule has 2 heterocycles. The minimum absolute atomic E-state index is 0.386. The smallest absolute Gasteiger partial charge is 0.231 e. The molecule has 0 fully saturated rings. The van der Waals surface area contributed by atoms with Crippen LogP contribution < -0.4 is 4.74 Å². The van der Waals surface area contributed by atoms with E-state index in [1.54, 1.807) is 12.5 Å². The zero-order chi connectivity index (χ0) is 14.5. The first-order valence-electron chi connectivity index (χ1n) is 6.39. The highest BCUT2D eigenvalue weighted by Gasteiger charge is 2.04. The molecular weight excluding hydrogens is 286 g/mol. The van der Waals surface area contributed by atoms with Gasteiger partial charge in [0.15, 0.2) is 5.01 Å². The number of hydrogen-bond donors (Lipinski definition) is 0. The number of benzene rings is 1. The molecule has 0 saturated carbocycles. The predicted molar refractivity (Wildman–Crippen MR) is 81.4 cm³/mol. The van der Waals surface area contributed by atoms with Gasteiger partial charge in [-0.05, 0) is 31.2 Å². The molecule has 0 amide bonds. The Morgan fingerprint density at radius 1 is 1.24 bits per heavy atom. The van der Waals surface area contributed by atoms with E-state index in [2.05, 4.69) is 15.2 Å². The van der Waals surface area contributed by atoms with Gasteiger partial charge in [0.1, 0.15) is 18.1 Å². The van der Waals surface area contributed by atoms with Crippen LogP contribution in [0.3, 0.4) is 0 Å². The Labute approximate surface area is 125 Å². The lowest BCUT2D eigenvalue weighted by atomic mass is 10.2. The Bertz CT molecular complexity index is 718. The van der Waals surface area contributed by atoms with Crippen molar-refractivity contribution >= 4 is 22.7 Å². The zero-order valence-electron chi connectivity index (χ0n) is 11.4. The lowest BCUT2D eigenvalue weighted by Gasteiger charge is -2.03. The highest BCUT2D eigenvalue weighted by atomic mass is 32.1. The SMILES string of the molecule is Cc1ccc(OCc2nnc(/N=C/c3ccco3)s2)cc1. The number of furan rings is 1. The molecule has 0 atom stereocenters. The molecule has 0 N–H and O–H groups in total. The molecule has 0 aliphatic rings. The highest BCUT2D eigenvalue weighted by Crippen LogP contribution is 2.20. The summed E-state index contributed by atoms with van der Waals surface area (Å²) >= 11 is 1.39. The van der Waals surface area contributed by atoms with Crippen molar-refractivity contribution in [3.63, 3.8) is 0 Å². The summed E-state index contributed by atoms with van der Waals surface area (Å²) < 4.78 is 10.8. The maximum Gasteiger partial charge on any atom is 0.231 e. The average Bonchev–Trinajstić information content (AvgIpc) is 3.16. The van der Waals surface area contributed by atoms with Gasteiger partial charge in [0, 0.05) is 0 Å². The third-order valence-corrected chi connectivity index (χ3v) is 3.49. The Morgan fingerprint density at radius 2 is 2.10 bits per heavy atom. The fourth-order valence-electron chi connectivity index (χ4n) is 1.62. The van der Waals surface area contributed by atoms with Crippen LogP contribution in [0.2, 0.25) is 0 Å². The van der Waals surface area contributed by atoms with Crippen molar-refractivity contribution in [1.29, 1.82) is 0 Å². The minimum Gasteiger partial charge on any atom is -0.486 e. The minimum atomic E-state index is 0.386.